The Hall–Kier alpha value is -3.15. The van der Waals surface area contributed by atoms with Gasteiger partial charge in [0.25, 0.3) is 11.8 Å². The van der Waals surface area contributed by atoms with E-state index < -0.39 is 6.04 Å². The molecule has 1 atom stereocenters. The van der Waals surface area contributed by atoms with Crippen LogP contribution in [0.3, 0.4) is 0 Å². The number of carbonyl (C=O) groups excluding carboxylic acids is 3. The number of aryl methyl sites for hydroxylation is 2. The number of nitrogens with zero attached hydrogens (tertiary/aromatic N) is 1. The highest BCUT2D eigenvalue weighted by molar-refractivity contribution is 5.97. The van der Waals surface area contributed by atoms with Gasteiger partial charge in [0.2, 0.25) is 5.91 Å². The zero-order valence-corrected chi connectivity index (χ0v) is 19.2. The SMILES string of the molecule is CCCNC(=O)C(NC(=O)c1ccc(C)cc1)C1CCN(C(=O)c2ccc(C)cc2)CC1. The van der Waals surface area contributed by atoms with Gasteiger partial charge in [0.05, 0.1) is 0 Å². The van der Waals surface area contributed by atoms with E-state index in [-0.39, 0.29) is 23.6 Å². The number of piperidine rings is 1. The number of carbonyl (C=O) groups is 3. The lowest BCUT2D eigenvalue weighted by Crippen LogP contribution is -2.54. The molecule has 3 amide bonds. The number of rotatable bonds is 7. The van der Waals surface area contributed by atoms with E-state index in [0.29, 0.717) is 43.6 Å². The molecule has 2 aromatic rings. The molecule has 2 aromatic carbocycles. The summed E-state index contributed by atoms with van der Waals surface area (Å²) < 4.78 is 0. The van der Waals surface area contributed by atoms with Gasteiger partial charge >= 0.3 is 0 Å². The fraction of sp³-hybridized carbons (Fsp3) is 0.423. The molecule has 0 radical (unpaired) electrons. The largest absolute Gasteiger partial charge is 0.354 e. The fourth-order valence-electron chi connectivity index (χ4n) is 4.00. The minimum atomic E-state index is -0.619. The Balaban J connectivity index is 1.66. The Morgan fingerprint density at radius 1 is 0.906 bits per heavy atom. The van der Waals surface area contributed by atoms with Crippen LogP contribution in [0.5, 0.6) is 0 Å². The quantitative estimate of drug-likeness (QED) is 0.699. The van der Waals surface area contributed by atoms with Gasteiger partial charge in [-0.05, 0) is 63.3 Å². The number of benzene rings is 2. The molecule has 6 nitrogen and oxygen atoms in total. The standard InChI is InChI=1S/C26H33N3O3/c1-4-15-27-25(31)23(28-24(30)21-9-5-18(2)6-10-21)20-13-16-29(17-14-20)26(32)22-11-7-19(3)8-12-22/h5-12,20,23H,4,13-17H2,1-3H3,(H,27,31)(H,28,30). The Morgan fingerprint density at radius 2 is 1.44 bits per heavy atom. The van der Waals surface area contributed by atoms with Crippen molar-refractivity contribution in [1.29, 1.82) is 0 Å². The van der Waals surface area contributed by atoms with E-state index in [1.54, 1.807) is 12.1 Å². The van der Waals surface area contributed by atoms with Gasteiger partial charge in [0.15, 0.2) is 0 Å². The van der Waals surface area contributed by atoms with Gasteiger partial charge in [-0.3, -0.25) is 14.4 Å². The van der Waals surface area contributed by atoms with Gasteiger partial charge in [-0.2, -0.15) is 0 Å². The van der Waals surface area contributed by atoms with Crippen molar-refractivity contribution >= 4 is 17.7 Å². The number of hydrogen-bond acceptors (Lipinski definition) is 3. The van der Waals surface area contributed by atoms with Crippen LogP contribution in [0.25, 0.3) is 0 Å². The zero-order valence-electron chi connectivity index (χ0n) is 19.2. The second-order valence-electron chi connectivity index (χ2n) is 8.60. The predicted octanol–water partition coefficient (Wildman–Crippen LogP) is 3.48. The third-order valence-electron chi connectivity index (χ3n) is 6.03. The maximum atomic E-state index is 12.9. The second-order valence-corrected chi connectivity index (χ2v) is 8.60. The first kappa shape index (κ1) is 23.5. The van der Waals surface area contributed by atoms with Gasteiger partial charge in [-0.15, -0.1) is 0 Å². The third-order valence-corrected chi connectivity index (χ3v) is 6.03. The van der Waals surface area contributed by atoms with E-state index in [1.165, 1.54) is 0 Å². The van der Waals surface area contributed by atoms with Gasteiger partial charge in [0, 0.05) is 30.8 Å². The van der Waals surface area contributed by atoms with Crippen LogP contribution in [0, 0.1) is 19.8 Å². The van der Waals surface area contributed by atoms with Crippen molar-refractivity contribution in [1.82, 2.24) is 15.5 Å². The Kier molecular flexibility index (Phi) is 8.03. The van der Waals surface area contributed by atoms with E-state index in [9.17, 15) is 14.4 Å². The summed E-state index contributed by atoms with van der Waals surface area (Å²) in [5.41, 5.74) is 3.41. The molecule has 2 N–H and O–H groups in total. The highest BCUT2D eigenvalue weighted by Crippen LogP contribution is 2.23. The molecule has 1 aliphatic rings. The van der Waals surface area contributed by atoms with Crippen LogP contribution in [0.4, 0.5) is 0 Å². The molecule has 0 spiro atoms. The molecular weight excluding hydrogens is 402 g/mol. The first-order valence-corrected chi connectivity index (χ1v) is 11.4. The molecule has 6 heteroatoms. The highest BCUT2D eigenvalue weighted by Gasteiger charge is 2.34. The normalized spacial score (nSPS) is 15.2. The summed E-state index contributed by atoms with van der Waals surface area (Å²) in [6.45, 7) is 7.66. The van der Waals surface area contributed by atoms with Crippen LogP contribution in [-0.2, 0) is 4.79 Å². The summed E-state index contributed by atoms with van der Waals surface area (Å²) in [7, 11) is 0. The second kappa shape index (κ2) is 10.9. The van der Waals surface area contributed by atoms with Crippen molar-refractivity contribution < 1.29 is 14.4 Å². The van der Waals surface area contributed by atoms with E-state index in [1.807, 2.05) is 62.1 Å². The molecule has 3 rings (SSSR count). The topological polar surface area (TPSA) is 78.5 Å². The average molecular weight is 436 g/mol. The maximum Gasteiger partial charge on any atom is 0.253 e. The van der Waals surface area contributed by atoms with Gasteiger partial charge in [-0.25, -0.2) is 0 Å². The van der Waals surface area contributed by atoms with Crippen molar-refractivity contribution in [2.24, 2.45) is 5.92 Å². The van der Waals surface area contributed by atoms with E-state index in [2.05, 4.69) is 10.6 Å². The molecule has 32 heavy (non-hydrogen) atoms. The lowest BCUT2D eigenvalue weighted by molar-refractivity contribution is -0.124. The maximum absolute atomic E-state index is 12.9. The van der Waals surface area contributed by atoms with Crippen LogP contribution >= 0.6 is 0 Å². The molecular formula is C26H33N3O3. The van der Waals surface area contributed by atoms with Crippen LogP contribution < -0.4 is 10.6 Å². The van der Waals surface area contributed by atoms with Gasteiger partial charge in [-0.1, -0.05) is 42.3 Å². The summed E-state index contributed by atoms with van der Waals surface area (Å²) in [5.74, 6) is -0.419. The summed E-state index contributed by atoms with van der Waals surface area (Å²) in [6.07, 6.45) is 2.15. The lowest BCUT2D eigenvalue weighted by Gasteiger charge is -2.36. The third kappa shape index (κ3) is 5.96. The van der Waals surface area contributed by atoms with Crippen LogP contribution in [0.1, 0.15) is 58.0 Å². The van der Waals surface area contributed by atoms with Crippen molar-refractivity contribution in [3.8, 4) is 0 Å². The Bertz CT molecular complexity index is 930. The smallest absolute Gasteiger partial charge is 0.253 e. The monoisotopic (exact) mass is 435 g/mol. The molecule has 1 unspecified atom stereocenters. The van der Waals surface area contributed by atoms with Crippen LogP contribution in [0.15, 0.2) is 48.5 Å². The summed E-state index contributed by atoms with van der Waals surface area (Å²) in [4.78, 5) is 40.4. The Labute approximate surface area is 190 Å². The summed E-state index contributed by atoms with van der Waals surface area (Å²) >= 11 is 0. The molecule has 0 aliphatic carbocycles. The minimum Gasteiger partial charge on any atom is -0.354 e. The molecule has 1 aliphatic heterocycles. The van der Waals surface area contributed by atoms with E-state index in [0.717, 1.165) is 17.5 Å². The predicted molar refractivity (Wildman–Crippen MR) is 126 cm³/mol. The van der Waals surface area contributed by atoms with Crippen molar-refractivity contribution in [2.45, 2.75) is 46.1 Å². The summed E-state index contributed by atoms with van der Waals surface area (Å²) in [6, 6.07) is 14.3. The first-order chi connectivity index (χ1) is 15.4. The fourth-order valence-corrected chi connectivity index (χ4v) is 4.00. The molecule has 1 heterocycles. The van der Waals surface area contributed by atoms with Gasteiger partial charge in [0.1, 0.15) is 6.04 Å². The van der Waals surface area contributed by atoms with Crippen molar-refractivity contribution in [2.75, 3.05) is 19.6 Å². The minimum absolute atomic E-state index is 0.0131. The van der Waals surface area contributed by atoms with Crippen LogP contribution in [-0.4, -0.2) is 48.3 Å². The average Bonchev–Trinajstić information content (AvgIpc) is 2.81. The molecule has 1 fully saturated rings. The van der Waals surface area contributed by atoms with Crippen molar-refractivity contribution in [3.05, 3.63) is 70.8 Å². The van der Waals surface area contributed by atoms with Crippen molar-refractivity contribution in [3.63, 3.8) is 0 Å². The number of nitrogens with one attached hydrogen (secondary N) is 2. The van der Waals surface area contributed by atoms with Crippen LogP contribution in [0.2, 0.25) is 0 Å². The van der Waals surface area contributed by atoms with Gasteiger partial charge < -0.3 is 15.5 Å². The molecule has 0 bridgehead atoms. The van der Waals surface area contributed by atoms with E-state index >= 15 is 0 Å². The molecule has 1 saturated heterocycles. The molecule has 0 aromatic heterocycles. The zero-order chi connectivity index (χ0) is 23.1. The number of likely N-dealkylation sites (tertiary alicyclic amines) is 1. The molecule has 170 valence electrons. The number of hydrogen-bond donors (Lipinski definition) is 2. The van der Waals surface area contributed by atoms with E-state index in [4.69, 9.17) is 0 Å². The number of amides is 3. The first-order valence-electron chi connectivity index (χ1n) is 11.4. The highest BCUT2D eigenvalue weighted by atomic mass is 16.2. The Morgan fingerprint density at radius 3 is 1.97 bits per heavy atom. The molecule has 0 saturated carbocycles. The lowest BCUT2D eigenvalue weighted by atomic mass is 9.88. The summed E-state index contributed by atoms with van der Waals surface area (Å²) in [5, 5.41) is 5.89.